The summed E-state index contributed by atoms with van der Waals surface area (Å²) in [6, 6.07) is 19.0. The quantitative estimate of drug-likeness (QED) is 0.169. The highest BCUT2D eigenvalue weighted by molar-refractivity contribution is 7.92. The first-order chi connectivity index (χ1) is 20.3. The highest BCUT2D eigenvalue weighted by Gasteiger charge is 2.19. The van der Waals surface area contributed by atoms with Gasteiger partial charge in [-0.05, 0) is 80.7 Å². The third-order valence-electron chi connectivity index (χ3n) is 7.09. The molecule has 0 radical (unpaired) electrons. The van der Waals surface area contributed by atoms with Gasteiger partial charge in [-0.3, -0.25) is 4.72 Å². The molecule has 0 amide bonds. The smallest absolute Gasteiger partial charge is 0.264 e. The minimum Gasteiger partial charge on any atom is -0.347 e. The number of sulfonamides is 1. The summed E-state index contributed by atoms with van der Waals surface area (Å²) in [7, 11) is -4.23. The van der Waals surface area contributed by atoms with Crippen molar-refractivity contribution in [1.82, 2.24) is 19.4 Å². The van der Waals surface area contributed by atoms with Crippen LogP contribution in [0.4, 0.5) is 26.0 Å². The van der Waals surface area contributed by atoms with Gasteiger partial charge in [0.15, 0.2) is 0 Å². The number of rotatable bonds is 12. The fraction of sp³-hybridized carbons (Fsp3) is 0.226. The topological polar surface area (TPSA) is 92.2 Å². The molecule has 11 heteroatoms. The summed E-state index contributed by atoms with van der Waals surface area (Å²) in [6.07, 6.45) is 4.71. The highest BCUT2D eigenvalue weighted by Crippen LogP contribution is 2.27. The van der Waals surface area contributed by atoms with E-state index in [-0.39, 0.29) is 5.69 Å². The molecule has 0 aliphatic carbocycles. The fourth-order valence-corrected chi connectivity index (χ4v) is 5.93. The zero-order chi connectivity index (χ0) is 29.7. The zero-order valence-corrected chi connectivity index (χ0v) is 24.2. The van der Waals surface area contributed by atoms with E-state index in [9.17, 15) is 17.2 Å². The number of fused-ring (bicyclic) bond motifs is 1. The van der Waals surface area contributed by atoms with Crippen molar-refractivity contribution >= 4 is 38.1 Å². The van der Waals surface area contributed by atoms with Crippen LogP contribution in [0.2, 0.25) is 0 Å². The lowest BCUT2D eigenvalue weighted by molar-refractivity contribution is 0.294. The molecule has 0 aliphatic rings. The molecule has 5 rings (SSSR count). The molecule has 0 saturated carbocycles. The van der Waals surface area contributed by atoms with Crippen molar-refractivity contribution in [2.24, 2.45) is 0 Å². The van der Waals surface area contributed by atoms with Gasteiger partial charge in [-0.2, -0.15) is 0 Å². The Bertz CT molecular complexity index is 1790. The molecular formula is C31H32F2N6O2S. The Morgan fingerprint density at radius 2 is 1.64 bits per heavy atom. The van der Waals surface area contributed by atoms with Crippen molar-refractivity contribution in [3.05, 3.63) is 97.0 Å². The number of nitrogens with one attached hydrogen (secondary N) is 2. The molecule has 2 aromatic heterocycles. The summed E-state index contributed by atoms with van der Waals surface area (Å²) >= 11 is 0. The van der Waals surface area contributed by atoms with Crippen LogP contribution in [0.15, 0.2) is 90.2 Å². The van der Waals surface area contributed by atoms with Crippen molar-refractivity contribution in [2.45, 2.75) is 31.7 Å². The molecule has 3 aromatic carbocycles. The third kappa shape index (κ3) is 6.75. The minimum atomic E-state index is -4.23. The van der Waals surface area contributed by atoms with Crippen LogP contribution >= 0.6 is 0 Å². The summed E-state index contributed by atoms with van der Waals surface area (Å²) in [5.41, 5.74) is 3.79. The Morgan fingerprint density at radius 3 is 2.38 bits per heavy atom. The van der Waals surface area contributed by atoms with Crippen molar-refractivity contribution < 1.29 is 17.2 Å². The fourth-order valence-electron chi connectivity index (χ4n) is 4.82. The van der Waals surface area contributed by atoms with Crippen LogP contribution in [-0.2, 0) is 16.6 Å². The number of nitrogens with zero attached hydrogens (tertiary/aromatic N) is 4. The minimum absolute atomic E-state index is 0.223. The molecule has 42 heavy (non-hydrogen) atoms. The maximum Gasteiger partial charge on any atom is 0.264 e. The first-order valence-electron chi connectivity index (χ1n) is 13.7. The van der Waals surface area contributed by atoms with Crippen LogP contribution in [0.3, 0.4) is 0 Å². The molecule has 0 saturated heterocycles. The monoisotopic (exact) mass is 590 g/mol. The van der Waals surface area contributed by atoms with E-state index in [0.717, 1.165) is 61.4 Å². The molecule has 218 valence electrons. The molecule has 2 N–H and O–H groups in total. The van der Waals surface area contributed by atoms with Gasteiger partial charge in [0, 0.05) is 52.7 Å². The molecule has 0 atom stereocenters. The van der Waals surface area contributed by atoms with Crippen LogP contribution in [-0.4, -0.2) is 47.5 Å². The normalized spacial score (nSPS) is 11.7. The molecule has 0 fully saturated rings. The Balaban J connectivity index is 1.25. The van der Waals surface area contributed by atoms with E-state index >= 15 is 0 Å². The van der Waals surface area contributed by atoms with E-state index in [2.05, 4.69) is 73.8 Å². The summed E-state index contributed by atoms with van der Waals surface area (Å²) in [5, 5.41) is 4.34. The van der Waals surface area contributed by atoms with E-state index in [1.165, 1.54) is 24.0 Å². The SMILES string of the molecule is CCN(CC)CCCn1ccc2cc(-c3cc(Nc4ccc(NS(=O)(=O)c5ccc(F)cc5F)cc4)ncn3)ccc21. The van der Waals surface area contributed by atoms with E-state index in [0.29, 0.717) is 17.6 Å². The first-order valence-corrected chi connectivity index (χ1v) is 15.2. The second-order valence-corrected chi connectivity index (χ2v) is 11.5. The number of hydrogen-bond donors (Lipinski definition) is 2. The zero-order valence-electron chi connectivity index (χ0n) is 23.4. The highest BCUT2D eigenvalue weighted by atomic mass is 32.2. The maximum atomic E-state index is 14.0. The summed E-state index contributed by atoms with van der Waals surface area (Å²) < 4.78 is 56.9. The van der Waals surface area contributed by atoms with Crippen LogP contribution in [0.25, 0.3) is 22.2 Å². The molecule has 0 spiro atoms. The summed E-state index contributed by atoms with van der Waals surface area (Å²) in [6.45, 7) is 8.55. The molecular weight excluding hydrogens is 558 g/mol. The largest absolute Gasteiger partial charge is 0.347 e. The van der Waals surface area contributed by atoms with Gasteiger partial charge < -0.3 is 14.8 Å². The van der Waals surface area contributed by atoms with E-state index in [4.69, 9.17) is 0 Å². The Labute approximate surface area is 244 Å². The van der Waals surface area contributed by atoms with Crippen molar-refractivity contribution in [3.8, 4) is 11.3 Å². The molecule has 2 heterocycles. The van der Waals surface area contributed by atoms with Gasteiger partial charge in [0.2, 0.25) is 0 Å². The van der Waals surface area contributed by atoms with Gasteiger partial charge in [-0.1, -0.05) is 19.9 Å². The van der Waals surface area contributed by atoms with E-state index in [1.54, 1.807) is 12.1 Å². The number of anilines is 3. The number of aromatic nitrogens is 3. The second kappa shape index (κ2) is 12.7. The number of hydrogen-bond acceptors (Lipinski definition) is 6. The summed E-state index contributed by atoms with van der Waals surface area (Å²) in [5.74, 6) is -1.45. The third-order valence-corrected chi connectivity index (χ3v) is 8.51. The molecule has 0 bridgehead atoms. The van der Waals surface area contributed by atoms with Gasteiger partial charge >= 0.3 is 0 Å². The van der Waals surface area contributed by atoms with Crippen molar-refractivity contribution in [3.63, 3.8) is 0 Å². The lowest BCUT2D eigenvalue weighted by atomic mass is 10.1. The lowest BCUT2D eigenvalue weighted by Gasteiger charge is -2.18. The van der Waals surface area contributed by atoms with Crippen molar-refractivity contribution in [2.75, 3.05) is 29.7 Å². The summed E-state index contributed by atoms with van der Waals surface area (Å²) in [4.78, 5) is 10.6. The van der Waals surface area contributed by atoms with Gasteiger partial charge in [-0.25, -0.2) is 27.2 Å². The number of benzene rings is 3. The van der Waals surface area contributed by atoms with Gasteiger partial charge in [0.25, 0.3) is 10.0 Å². The van der Waals surface area contributed by atoms with Crippen LogP contribution in [0, 0.1) is 11.6 Å². The Morgan fingerprint density at radius 1 is 0.881 bits per heavy atom. The van der Waals surface area contributed by atoms with E-state index < -0.39 is 26.6 Å². The Hall–Kier alpha value is -4.35. The molecule has 5 aromatic rings. The molecule has 8 nitrogen and oxygen atoms in total. The van der Waals surface area contributed by atoms with Crippen LogP contribution in [0.5, 0.6) is 0 Å². The maximum absolute atomic E-state index is 14.0. The average molecular weight is 591 g/mol. The first kappa shape index (κ1) is 29.2. The van der Waals surface area contributed by atoms with Gasteiger partial charge in [0.1, 0.15) is 28.7 Å². The van der Waals surface area contributed by atoms with Crippen molar-refractivity contribution in [1.29, 1.82) is 0 Å². The predicted molar refractivity (Wildman–Crippen MR) is 162 cm³/mol. The predicted octanol–water partition coefficient (Wildman–Crippen LogP) is 6.65. The van der Waals surface area contributed by atoms with Gasteiger partial charge in [0.05, 0.1) is 5.69 Å². The van der Waals surface area contributed by atoms with E-state index in [1.807, 2.05) is 6.07 Å². The van der Waals surface area contributed by atoms with Gasteiger partial charge in [-0.15, -0.1) is 0 Å². The molecule has 0 unspecified atom stereocenters. The number of aryl methyl sites for hydroxylation is 1. The van der Waals surface area contributed by atoms with Crippen LogP contribution < -0.4 is 10.0 Å². The number of halogens is 2. The molecule has 0 aliphatic heterocycles. The second-order valence-electron chi connectivity index (χ2n) is 9.83. The lowest BCUT2D eigenvalue weighted by Crippen LogP contribution is -2.24. The van der Waals surface area contributed by atoms with Crippen LogP contribution in [0.1, 0.15) is 20.3 Å². The Kier molecular flexibility index (Phi) is 8.79. The standard InChI is InChI=1S/C31H32F2N6O2S/c1-3-38(4-2)15-5-16-39-17-14-23-18-22(6-12-29(23)39)28-20-31(35-21-34-28)36-25-8-10-26(11-9-25)37-42(40,41)30-13-7-24(32)19-27(30)33/h6-14,17-21,37H,3-5,15-16H2,1-2H3,(H,34,35,36). The average Bonchev–Trinajstić information content (AvgIpc) is 3.38.